The van der Waals surface area contributed by atoms with Crippen LogP contribution in [0.1, 0.15) is 43.1 Å². The van der Waals surface area contributed by atoms with Gasteiger partial charge in [0.25, 0.3) is 5.91 Å². The molecule has 2 aliphatic rings. The molecule has 5 heterocycles. The van der Waals surface area contributed by atoms with Crippen LogP contribution in [0, 0.1) is 5.82 Å². The van der Waals surface area contributed by atoms with E-state index in [2.05, 4.69) is 15.4 Å². The zero-order valence-electron chi connectivity index (χ0n) is 17.6. The zero-order chi connectivity index (χ0) is 21.8. The lowest BCUT2D eigenvalue weighted by Gasteiger charge is -2.36. The Morgan fingerprint density at radius 3 is 2.97 bits per heavy atom. The number of nitrogens with one attached hydrogen (secondary N) is 1. The predicted molar refractivity (Wildman–Crippen MR) is 110 cm³/mol. The number of hydrogen-bond donors (Lipinski definition) is 1. The molecule has 0 saturated carbocycles. The van der Waals surface area contributed by atoms with Crippen molar-refractivity contribution in [2.45, 2.75) is 45.3 Å². The number of halogens is 1. The maximum atomic E-state index is 14.0. The first kappa shape index (κ1) is 19.5. The lowest BCUT2D eigenvalue weighted by molar-refractivity contribution is 0.0902. The molecule has 3 aromatic rings. The summed E-state index contributed by atoms with van der Waals surface area (Å²) in [5.74, 6) is 0.777. The summed E-state index contributed by atoms with van der Waals surface area (Å²) in [6.45, 7) is 6.91. The topological polar surface area (TPSA) is 93.9 Å². The van der Waals surface area contributed by atoms with Gasteiger partial charge < -0.3 is 19.7 Å². The van der Waals surface area contributed by atoms with Crippen molar-refractivity contribution in [2.75, 3.05) is 18.1 Å². The van der Waals surface area contributed by atoms with Gasteiger partial charge >= 0.3 is 0 Å². The van der Waals surface area contributed by atoms with Crippen molar-refractivity contribution in [3.8, 4) is 11.6 Å². The lowest BCUT2D eigenvalue weighted by atomic mass is 10.0. The molecule has 9 nitrogen and oxygen atoms in total. The van der Waals surface area contributed by atoms with Crippen LogP contribution in [0.4, 0.5) is 10.2 Å². The number of carbonyl (C=O) groups excluding carboxylic acids is 1. The molecule has 10 heteroatoms. The van der Waals surface area contributed by atoms with Crippen LogP contribution in [-0.4, -0.2) is 50.3 Å². The smallest absolute Gasteiger partial charge is 0.257 e. The molecule has 1 atom stereocenters. The van der Waals surface area contributed by atoms with Crippen molar-refractivity contribution in [1.82, 2.24) is 24.9 Å². The quantitative estimate of drug-likeness (QED) is 0.590. The Morgan fingerprint density at radius 1 is 1.29 bits per heavy atom. The van der Waals surface area contributed by atoms with E-state index in [9.17, 15) is 9.18 Å². The SMILES string of the molecule is C[C@@H]1COc2cn3ncc4c3nc2N1Cc1cc(F)cnc1OCCC(C)(C)NC4=O. The summed E-state index contributed by atoms with van der Waals surface area (Å²) in [7, 11) is 0. The van der Waals surface area contributed by atoms with E-state index in [4.69, 9.17) is 14.5 Å². The number of carbonyl (C=O) groups is 1. The first-order chi connectivity index (χ1) is 14.8. The minimum atomic E-state index is -0.548. The number of amides is 1. The third kappa shape index (κ3) is 3.51. The molecule has 0 unspecified atom stereocenters. The van der Waals surface area contributed by atoms with Gasteiger partial charge in [-0.05, 0) is 26.8 Å². The van der Waals surface area contributed by atoms with Crippen molar-refractivity contribution in [3.63, 3.8) is 0 Å². The zero-order valence-corrected chi connectivity index (χ0v) is 17.6. The Bertz CT molecular complexity index is 1180. The molecule has 3 aromatic heterocycles. The van der Waals surface area contributed by atoms with Gasteiger partial charge in [0.05, 0.1) is 37.8 Å². The van der Waals surface area contributed by atoms with Crippen molar-refractivity contribution in [2.24, 2.45) is 0 Å². The summed E-state index contributed by atoms with van der Waals surface area (Å²) in [6.07, 6.45) is 4.90. The normalized spacial score (nSPS) is 20.5. The van der Waals surface area contributed by atoms with E-state index in [1.807, 2.05) is 25.7 Å². The molecule has 31 heavy (non-hydrogen) atoms. The number of hydrogen-bond acceptors (Lipinski definition) is 7. The fourth-order valence-electron chi connectivity index (χ4n) is 3.83. The Labute approximate surface area is 178 Å². The summed E-state index contributed by atoms with van der Waals surface area (Å²) >= 11 is 0. The molecular weight excluding hydrogens is 403 g/mol. The summed E-state index contributed by atoms with van der Waals surface area (Å²) in [6, 6.07) is 1.40. The molecule has 1 N–H and O–H groups in total. The average molecular weight is 426 g/mol. The number of ether oxygens (including phenoxy) is 2. The van der Waals surface area contributed by atoms with E-state index in [-0.39, 0.29) is 11.9 Å². The van der Waals surface area contributed by atoms with Gasteiger partial charge in [-0.1, -0.05) is 0 Å². The van der Waals surface area contributed by atoms with Gasteiger partial charge in [0.2, 0.25) is 5.88 Å². The standard InChI is InChI=1S/C21H23FN6O3/c1-12-11-31-16-10-28-17-15(8-24-28)19(29)26-21(2,3)4-5-30-20-13(6-14(22)7-23-20)9-27(12)18(16)25-17/h6-8,10,12H,4-5,9,11H2,1-3H3,(H,26,29)/t12-/m1/s1. The monoisotopic (exact) mass is 426 g/mol. The van der Waals surface area contributed by atoms with Crippen molar-refractivity contribution < 1.29 is 18.7 Å². The van der Waals surface area contributed by atoms with Crippen LogP contribution in [-0.2, 0) is 6.54 Å². The molecular formula is C21H23FN6O3. The maximum Gasteiger partial charge on any atom is 0.257 e. The Kier molecular flexibility index (Phi) is 4.45. The molecule has 0 aliphatic carbocycles. The number of nitrogens with zero attached hydrogens (tertiary/aromatic N) is 5. The van der Waals surface area contributed by atoms with Crippen molar-refractivity contribution in [3.05, 3.63) is 41.6 Å². The number of anilines is 1. The number of pyridine rings is 1. The third-order valence-electron chi connectivity index (χ3n) is 5.62. The van der Waals surface area contributed by atoms with Crippen LogP contribution in [0.3, 0.4) is 0 Å². The fraction of sp³-hybridized carbons (Fsp3) is 0.429. The van der Waals surface area contributed by atoms with E-state index < -0.39 is 11.4 Å². The van der Waals surface area contributed by atoms with Gasteiger partial charge in [-0.15, -0.1) is 0 Å². The molecule has 0 fully saturated rings. The second-order valence-electron chi connectivity index (χ2n) is 8.60. The molecule has 0 radical (unpaired) electrons. The van der Waals surface area contributed by atoms with Crippen LogP contribution < -0.4 is 19.7 Å². The van der Waals surface area contributed by atoms with Crippen molar-refractivity contribution >= 4 is 17.4 Å². The highest BCUT2D eigenvalue weighted by atomic mass is 19.1. The minimum absolute atomic E-state index is 0.0365. The van der Waals surface area contributed by atoms with E-state index in [1.165, 1.54) is 12.3 Å². The largest absolute Gasteiger partial charge is 0.486 e. The first-order valence-electron chi connectivity index (χ1n) is 10.2. The second-order valence-corrected chi connectivity index (χ2v) is 8.60. The van der Waals surface area contributed by atoms with Gasteiger partial charge in [0.1, 0.15) is 18.0 Å². The number of aromatic nitrogens is 4. The molecule has 2 aliphatic heterocycles. The summed E-state index contributed by atoms with van der Waals surface area (Å²) in [5.41, 5.74) is 0.878. The summed E-state index contributed by atoms with van der Waals surface area (Å²) in [5, 5.41) is 7.31. The molecule has 1 amide bonds. The van der Waals surface area contributed by atoms with Gasteiger partial charge in [-0.2, -0.15) is 5.10 Å². The maximum absolute atomic E-state index is 14.0. The van der Waals surface area contributed by atoms with E-state index in [0.29, 0.717) is 60.4 Å². The van der Waals surface area contributed by atoms with E-state index in [1.54, 1.807) is 10.7 Å². The molecule has 5 rings (SSSR count). The van der Waals surface area contributed by atoms with E-state index in [0.717, 1.165) is 6.20 Å². The highest BCUT2D eigenvalue weighted by Crippen LogP contribution is 2.35. The van der Waals surface area contributed by atoms with Crippen LogP contribution in [0.5, 0.6) is 11.6 Å². The highest BCUT2D eigenvalue weighted by Gasteiger charge is 2.31. The summed E-state index contributed by atoms with van der Waals surface area (Å²) in [4.78, 5) is 23.9. The highest BCUT2D eigenvalue weighted by molar-refractivity contribution is 6.00. The summed E-state index contributed by atoms with van der Waals surface area (Å²) < 4.78 is 27.4. The molecule has 162 valence electrons. The average Bonchev–Trinajstić information content (AvgIpc) is 3.12. The Morgan fingerprint density at radius 2 is 2.13 bits per heavy atom. The molecule has 2 bridgehead atoms. The van der Waals surface area contributed by atoms with Crippen molar-refractivity contribution in [1.29, 1.82) is 0 Å². The predicted octanol–water partition coefficient (Wildman–Crippen LogP) is 2.34. The van der Waals surface area contributed by atoms with Crippen LogP contribution in [0.15, 0.2) is 24.7 Å². The Balaban J connectivity index is 1.69. The molecule has 0 aromatic carbocycles. The Hall–Kier alpha value is -3.43. The van der Waals surface area contributed by atoms with E-state index >= 15 is 0 Å². The molecule has 0 saturated heterocycles. The minimum Gasteiger partial charge on any atom is -0.486 e. The van der Waals surface area contributed by atoms with Gasteiger partial charge in [0, 0.05) is 17.5 Å². The van der Waals surface area contributed by atoms with Crippen LogP contribution in [0.2, 0.25) is 0 Å². The lowest BCUT2D eigenvalue weighted by Crippen LogP contribution is -2.44. The van der Waals surface area contributed by atoms with Gasteiger partial charge in [0.15, 0.2) is 17.2 Å². The van der Waals surface area contributed by atoms with Gasteiger partial charge in [-0.3, -0.25) is 4.79 Å². The number of fused-ring (bicyclic) bond motifs is 1. The third-order valence-corrected chi connectivity index (χ3v) is 5.62. The van der Waals surface area contributed by atoms with Crippen LogP contribution >= 0.6 is 0 Å². The fourth-order valence-corrected chi connectivity index (χ4v) is 3.83. The van der Waals surface area contributed by atoms with Crippen LogP contribution in [0.25, 0.3) is 5.65 Å². The second kappa shape index (κ2) is 7.07. The first-order valence-corrected chi connectivity index (χ1v) is 10.2. The molecule has 0 spiro atoms. The van der Waals surface area contributed by atoms with Gasteiger partial charge in [-0.25, -0.2) is 18.9 Å². The number of rotatable bonds is 0.